The molecule has 0 aromatic carbocycles. The molecule has 1 rings (SSSR count). The summed E-state index contributed by atoms with van der Waals surface area (Å²) in [7, 11) is 2.16. The van der Waals surface area contributed by atoms with E-state index in [1.54, 1.807) is 0 Å². The van der Waals surface area contributed by atoms with Crippen LogP contribution in [0.5, 0.6) is 0 Å². The lowest BCUT2D eigenvalue weighted by molar-refractivity contribution is -0.0329. The zero-order valence-corrected chi connectivity index (χ0v) is 10.1. The highest BCUT2D eigenvalue weighted by Gasteiger charge is 2.34. The van der Waals surface area contributed by atoms with Crippen LogP contribution >= 0.6 is 0 Å². The molecule has 2 nitrogen and oxygen atoms in total. The van der Waals surface area contributed by atoms with Gasteiger partial charge in [0.25, 0.3) is 0 Å². The van der Waals surface area contributed by atoms with E-state index >= 15 is 0 Å². The van der Waals surface area contributed by atoms with E-state index in [1.807, 2.05) is 0 Å². The Hall–Kier alpha value is -0.0151. The minimum atomic E-state index is 0.308. The standard InChI is InChI=1S/C11H23BO2/c1-7(2)9-5-11(12)14-10(9)6-13-8(3)4/h7-11H,5-6,12H2,1-4H3/t9-,10?,11?/m0/s1. The lowest BCUT2D eigenvalue weighted by Gasteiger charge is -2.22. The summed E-state index contributed by atoms with van der Waals surface area (Å²) >= 11 is 0. The highest BCUT2D eigenvalue weighted by Crippen LogP contribution is 2.31. The summed E-state index contributed by atoms with van der Waals surface area (Å²) in [6.45, 7) is 9.44. The van der Waals surface area contributed by atoms with E-state index < -0.39 is 0 Å². The fraction of sp³-hybridized carbons (Fsp3) is 1.00. The third-order valence-corrected chi connectivity index (χ3v) is 2.94. The third-order valence-electron chi connectivity index (χ3n) is 2.94. The molecule has 0 N–H and O–H groups in total. The summed E-state index contributed by atoms with van der Waals surface area (Å²) in [6.07, 6.45) is 1.80. The van der Waals surface area contributed by atoms with Gasteiger partial charge in [0.15, 0.2) is 0 Å². The molecule has 1 saturated heterocycles. The maximum atomic E-state index is 5.86. The predicted octanol–water partition coefficient (Wildman–Crippen LogP) is 1.43. The molecule has 0 spiro atoms. The summed E-state index contributed by atoms with van der Waals surface area (Å²) < 4.78 is 11.5. The second-order valence-corrected chi connectivity index (χ2v) is 5.01. The maximum Gasteiger partial charge on any atom is 0.139 e. The highest BCUT2D eigenvalue weighted by molar-refractivity contribution is 6.11. The Morgan fingerprint density at radius 2 is 2.00 bits per heavy atom. The second-order valence-electron chi connectivity index (χ2n) is 5.01. The van der Waals surface area contributed by atoms with Crippen LogP contribution in [0.25, 0.3) is 0 Å². The molecule has 1 fully saturated rings. The maximum absolute atomic E-state index is 5.86. The van der Waals surface area contributed by atoms with E-state index in [9.17, 15) is 0 Å². The van der Waals surface area contributed by atoms with Crippen LogP contribution in [0.4, 0.5) is 0 Å². The van der Waals surface area contributed by atoms with Gasteiger partial charge in [0, 0.05) is 6.00 Å². The topological polar surface area (TPSA) is 18.5 Å². The van der Waals surface area contributed by atoms with Crippen LogP contribution in [0, 0.1) is 11.8 Å². The van der Waals surface area contributed by atoms with Crippen molar-refractivity contribution in [2.24, 2.45) is 11.8 Å². The van der Waals surface area contributed by atoms with Gasteiger partial charge in [-0.3, -0.25) is 0 Å². The highest BCUT2D eigenvalue weighted by atomic mass is 16.5. The Bertz CT molecular complexity index is 171. The molecular formula is C11H23BO2. The van der Waals surface area contributed by atoms with Gasteiger partial charge in [0.05, 0.1) is 18.8 Å². The molecule has 3 atom stereocenters. The van der Waals surface area contributed by atoms with Gasteiger partial charge in [0.1, 0.15) is 7.85 Å². The molecule has 0 aromatic rings. The average Bonchev–Trinajstić information content (AvgIpc) is 2.43. The largest absolute Gasteiger partial charge is 0.381 e. The van der Waals surface area contributed by atoms with Crippen LogP contribution < -0.4 is 0 Å². The van der Waals surface area contributed by atoms with E-state index in [-0.39, 0.29) is 0 Å². The van der Waals surface area contributed by atoms with Crippen molar-refractivity contribution in [3.05, 3.63) is 0 Å². The van der Waals surface area contributed by atoms with Crippen molar-refractivity contribution in [1.82, 2.24) is 0 Å². The number of hydrogen-bond acceptors (Lipinski definition) is 2. The van der Waals surface area contributed by atoms with Crippen molar-refractivity contribution in [2.75, 3.05) is 6.61 Å². The SMILES string of the molecule is BC1C[C@@H](C(C)C)C(COC(C)C)O1. The summed E-state index contributed by atoms with van der Waals surface area (Å²) in [6, 6.07) is 0.406. The predicted molar refractivity (Wildman–Crippen MR) is 61.2 cm³/mol. The lowest BCUT2D eigenvalue weighted by atomic mass is 9.84. The van der Waals surface area contributed by atoms with Crippen molar-refractivity contribution in [3.63, 3.8) is 0 Å². The fourth-order valence-electron chi connectivity index (χ4n) is 2.14. The monoisotopic (exact) mass is 198 g/mol. The molecule has 0 aliphatic carbocycles. The Kier molecular flexibility index (Phi) is 4.46. The van der Waals surface area contributed by atoms with E-state index in [0.29, 0.717) is 30.0 Å². The molecule has 1 aliphatic heterocycles. The van der Waals surface area contributed by atoms with E-state index in [0.717, 1.165) is 6.61 Å². The van der Waals surface area contributed by atoms with Crippen molar-refractivity contribution in [3.8, 4) is 0 Å². The first-order valence-electron chi connectivity index (χ1n) is 5.77. The van der Waals surface area contributed by atoms with Crippen LogP contribution in [0.15, 0.2) is 0 Å². The Balaban J connectivity index is 2.41. The van der Waals surface area contributed by atoms with Crippen molar-refractivity contribution < 1.29 is 9.47 Å². The first kappa shape index (κ1) is 12.1. The molecule has 0 amide bonds. The molecule has 82 valence electrons. The van der Waals surface area contributed by atoms with Crippen LogP contribution in [-0.4, -0.2) is 32.7 Å². The van der Waals surface area contributed by atoms with Gasteiger partial charge in [0.2, 0.25) is 0 Å². The van der Waals surface area contributed by atoms with E-state index in [1.165, 1.54) is 6.42 Å². The fourth-order valence-corrected chi connectivity index (χ4v) is 2.14. The van der Waals surface area contributed by atoms with Crippen LogP contribution in [0.3, 0.4) is 0 Å². The van der Waals surface area contributed by atoms with Gasteiger partial charge in [-0.05, 0) is 32.1 Å². The van der Waals surface area contributed by atoms with Crippen molar-refractivity contribution in [1.29, 1.82) is 0 Å². The molecular weight excluding hydrogens is 175 g/mol. The van der Waals surface area contributed by atoms with E-state index in [2.05, 4.69) is 35.5 Å². The average molecular weight is 198 g/mol. The second kappa shape index (κ2) is 5.17. The molecule has 14 heavy (non-hydrogen) atoms. The van der Waals surface area contributed by atoms with Gasteiger partial charge >= 0.3 is 0 Å². The smallest absolute Gasteiger partial charge is 0.139 e. The summed E-state index contributed by atoms with van der Waals surface area (Å²) in [5.41, 5.74) is 0. The summed E-state index contributed by atoms with van der Waals surface area (Å²) in [5, 5.41) is 0. The van der Waals surface area contributed by atoms with Gasteiger partial charge in [-0.1, -0.05) is 13.8 Å². The van der Waals surface area contributed by atoms with Crippen molar-refractivity contribution >= 4 is 7.85 Å². The molecule has 1 heterocycles. The lowest BCUT2D eigenvalue weighted by Crippen LogP contribution is -2.27. The third kappa shape index (κ3) is 3.28. The number of rotatable bonds is 4. The van der Waals surface area contributed by atoms with E-state index in [4.69, 9.17) is 9.47 Å². The van der Waals surface area contributed by atoms with Gasteiger partial charge in [-0.25, -0.2) is 0 Å². The van der Waals surface area contributed by atoms with Crippen molar-refractivity contribution in [2.45, 2.75) is 52.3 Å². The molecule has 0 saturated carbocycles. The summed E-state index contributed by atoms with van der Waals surface area (Å²) in [4.78, 5) is 0. The minimum Gasteiger partial charge on any atom is -0.381 e. The van der Waals surface area contributed by atoms with Gasteiger partial charge in [-0.2, -0.15) is 0 Å². The van der Waals surface area contributed by atoms with Crippen LogP contribution in [0.1, 0.15) is 34.1 Å². The number of ether oxygens (including phenoxy) is 2. The molecule has 1 aliphatic rings. The zero-order chi connectivity index (χ0) is 10.7. The van der Waals surface area contributed by atoms with Gasteiger partial charge in [-0.15, -0.1) is 0 Å². The molecule has 3 heteroatoms. The molecule has 2 unspecified atom stereocenters. The van der Waals surface area contributed by atoms with Crippen LogP contribution in [0.2, 0.25) is 0 Å². The van der Waals surface area contributed by atoms with Crippen LogP contribution in [-0.2, 0) is 9.47 Å². The first-order chi connectivity index (χ1) is 6.50. The molecule has 0 bridgehead atoms. The Morgan fingerprint density at radius 3 is 2.50 bits per heavy atom. The molecule has 0 aromatic heterocycles. The number of hydrogen-bond donors (Lipinski definition) is 0. The normalized spacial score (nSPS) is 33.1. The Morgan fingerprint density at radius 1 is 1.36 bits per heavy atom. The van der Waals surface area contributed by atoms with Gasteiger partial charge < -0.3 is 9.47 Å². The zero-order valence-electron chi connectivity index (χ0n) is 10.1. The Labute approximate surface area is 88.8 Å². The summed E-state index contributed by atoms with van der Waals surface area (Å²) in [5.74, 6) is 1.37. The molecule has 0 radical (unpaired) electrons. The minimum absolute atomic E-state index is 0.308. The quantitative estimate of drug-likeness (QED) is 0.636. The first-order valence-corrected chi connectivity index (χ1v) is 5.77.